The van der Waals surface area contributed by atoms with Crippen LogP contribution in [-0.2, 0) is 6.54 Å². The van der Waals surface area contributed by atoms with Crippen molar-refractivity contribution >= 4 is 40.0 Å². The number of nitrogens with zero attached hydrogens (tertiary/aromatic N) is 4. The Bertz CT molecular complexity index is 1100. The number of thiazole rings is 1. The summed E-state index contributed by atoms with van der Waals surface area (Å²) >= 11 is 1.06. The fourth-order valence-corrected chi connectivity index (χ4v) is 4.21. The molecule has 0 aliphatic carbocycles. The van der Waals surface area contributed by atoms with Crippen molar-refractivity contribution in [2.75, 3.05) is 48.8 Å². The summed E-state index contributed by atoms with van der Waals surface area (Å²) < 4.78 is 5.43. The van der Waals surface area contributed by atoms with Crippen molar-refractivity contribution in [3.63, 3.8) is 0 Å². The molecule has 32 heavy (non-hydrogen) atoms. The summed E-state index contributed by atoms with van der Waals surface area (Å²) in [5.41, 5.74) is 1.46. The molecule has 10 nitrogen and oxygen atoms in total. The highest BCUT2D eigenvalue weighted by Crippen LogP contribution is 2.27. The fourth-order valence-electron chi connectivity index (χ4n) is 3.42. The lowest BCUT2D eigenvalue weighted by Crippen LogP contribution is -2.44. The number of aromatic nitrogens is 3. The number of methoxy groups -OCH3 is 1. The van der Waals surface area contributed by atoms with Crippen LogP contribution in [0.15, 0.2) is 30.3 Å². The largest absolute Gasteiger partial charge is 0.496 e. The number of benzene rings is 1. The Morgan fingerprint density at radius 2 is 2.03 bits per heavy atom. The van der Waals surface area contributed by atoms with Crippen LogP contribution in [-0.4, -0.2) is 59.3 Å². The molecule has 1 aliphatic heterocycles. The number of ether oxygens (including phenoxy) is 1. The average Bonchev–Trinajstić information content (AvgIpc) is 3.18. The van der Waals surface area contributed by atoms with Crippen LogP contribution in [0.4, 0.5) is 22.7 Å². The predicted molar refractivity (Wildman–Crippen MR) is 125 cm³/mol. The lowest BCUT2D eigenvalue weighted by Gasteiger charge is -2.28. The van der Waals surface area contributed by atoms with Crippen LogP contribution in [0.3, 0.4) is 0 Å². The van der Waals surface area contributed by atoms with Crippen LogP contribution in [0.25, 0.3) is 0 Å². The highest BCUT2D eigenvalue weighted by molar-refractivity contribution is 7.17. The number of rotatable bonds is 8. The maximum Gasteiger partial charge on any atom is 0.347 e. The Kier molecular flexibility index (Phi) is 6.66. The van der Waals surface area contributed by atoms with Crippen LogP contribution in [0.2, 0.25) is 0 Å². The molecule has 11 heteroatoms. The molecule has 1 fully saturated rings. The highest BCUT2D eigenvalue weighted by Gasteiger charge is 2.18. The molecular weight excluding hydrogens is 430 g/mol. The van der Waals surface area contributed by atoms with E-state index in [0.29, 0.717) is 29.1 Å². The zero-order valence-electron chi connectivity index (χ0n) is 17.9. The monoisotopic (exact) mass is 455 g/mol. The molecule has 3 heterocycles. The molecule has 4 rings (SSSR count). The second-order valence-corrected chi connectivity index (χ2v) is 8.20. The van der Waals surface area contributed by atoms with Crippen molar-refractivity contribution in [3.8, 4) is 5.75 Å². The van der Waals surface area contributed by atoms with Gasteiger partial charge in [-0.3, -0.25) is 5.32 Å². The summed E-state index contributed by atoms with van der Waals surface area (Å²) in [6, 6.07) is 9.72. The van der Waals surface area contributed by atoms with Crippen LogP contribution in [0.1, 0.15) is 20.9 Å². The number of piperazine rings is 1. The summed E-state index contributed by atoms with van der Waals surface area (Å²) in [7, 11) is 1.65. The van der Waals surface area contributed by atoms with Crippen molar-refractivity contribution in [1.29, 1.82) is 0 Å². The van der Waals surface area contributed by atoms with Crippen LogP contribution in [0, 0.1) is 6.92 Å². The van der Waals surface area contributed by atoms with Gasteiger partial charge < -0.3 is 25.4 Å². The van der Waals surface area contributed by atoms with E-state index in [-0.39, 0.29) is 4.88 Å². The van der Waals surface area contributed by atoms with E-state index in [9.17, 15) is 9.90 Å². The molecule has 1 aromatic carbocycles. The van der Waals surface area contributed by atoms with E-state index < -0.39 is 5.97 Å². The van der Waals surface area contributed by atoms with Crippen molar-refractivity contribution in [3.05, 3.63) is 46.5 Å². The standard InChI is InChI=1S/C21H25N7O3S/c1-13-18(19(29)30)32-21(24-13)27-20-25-16(11-17(26-20)28-9-7-22-8-10-28)23-12-14-5-3-4-6-15(14)31-2/h3-6,11,22H,7-10,12H2,1-2H3,(H,29,30)(H2,23,24,25,26,27). The van der Waals surface area contributed by atoms with E-state index in [0.717, 1.165) is 54.6 Å². The van der Waals surface area contributed by atoms with Crippen LogP contribution >= 0.6 is 11.3 Å². The van der Waals surface area contributed by atoms with Gasteiger partial charge in [-0.2, -0.15) is 9.97 Å². The Morgan fingerprint density at radius 3 is 2.75 bits per heavy atom. The van der Waals surface area contributed by atoms with Gasteiger partial charge in [-0.25, -0.2) is 9.78 Å². The maximum absolute atomic E-state index is 11.4. The van der Waals surface area contributed by atoms with E-state index in [1.165, 1.54) is 0 Å². The normalized spacial score (nSPS) is 13.6. The molecule has 168 valence electrons. The molecule has 0 bridgehead atoms. The van der Waals surface area contributed by atoms with E-state index in [4.69, 9.17) is 4.74 Å². The zero-order valence-corrected chi connectivity index (χ0v) is 18.7. The predicted octanol–water partition coefficient (Wildman–Crippen LogP) is 2.71. The van der Waals surface area contributed by atoms with Crippen molar-refractivity contribution in [1.82, 2.24) is 20.3 Å². The number of anilines is 4. The lowest BCUT2D eigenvalue weighted by atomic mass is 10.2. The number of aromatic carboxylic acids is 1. The minimum absolute atomic E-state index is 0.195. The number of carboxylic acid groups (broad SMARTS) is 1. The van der Waals surface area contributed by atoms with E-state index in [2.05, 4.69) is 35.8 Å². The maximum atomic E-state index is 11.4. The van der Waals surface area contributed by atoms with Gasteiger partial charge in [0, 0.05) is 44.4 Å². The number of carboxylic acids is 1. The highest BCUT2D eigenvalue weighted by atomic mass is 32.1. The molecule has 0 spiro atoms. The first-order valence-electron chi connectivity index (χ1n) is 10.2. The average molecular weight is 456 g/mol. The number of aryl methyl sites for hydroxylation is 1. The van der Waals surface area contributed by atoms with Gasteiger partial charge in [0.1, 0.15) is 22.3 Å². The zero-order chi connectivity index (χ0) is 22.5. The number of nitrogens with one attached hydrogen (secondary N) is 3. The second kappa shape index (κ2) is 9.79. The topological polar surface area (TPSA) is 125 Å². The third-order valence-corrected chi connectivity index (χ3v) is 6.08. The summed E-state index contributed by atoms with van der Waals surface area (Å²) in [6.07, 6.45) is 0. The summed E-state index contributed by atoms with van der Waals surface area (Å²) in [5, 5.41) is 19.5. The fraction of sp³-hybridized carbons (Fsp3) is 0.333. The van der Waals surface area contributed by atoms with Crippen molar-refractivity contribution in [2.24, 2.45) is 0 Å². The number of hydrogen-bond acceptors (Lipinski definition) is 10. The molecule has 0 atom stereocenters. The molecule has 1 aliphatic rings. The third kappa shape index (κ3) is 5.06. The quantitative estimate of drug-likeness (QED) is 0.403. The van der Waals surface area contributed by atoms with Gasteiger partial charge in [-0.15, -0.1) is 0 Å². The molecule has 2 aromatic heterocycles. The molecule has 4 N–H and O–H groups in total. The lowest BCUT2D eigenvalue weighted by molar-refractivity contribution is 0.0701. The van der Waals surface area contributed by atoms with E-state index in [1.54, 1.807) is 14.0 Å². The second-order valence-electron chi connectivity index (χ2n) is 7.20. The Labute approximate surface area is 189 Å². The minimum atomic E-state index is -0.998. The number of para-hydroxylation sites is 1. The number of carbonyl (C=O) groups is 1. The van der Waals surface area contributed by atoms with Gasteiger partial charge in [0.05, 0.1) is 12.8 Å². The van der Waals surface area contributed by atoms with E-state index >= 15 is 0 Å². The first kappa shape index (κ1) is 21.8. The summed E-state index contributed by atoms with van der Waals surface area (Å²) in [6.45, 7) is 5.63. The number of hydrogen-bond donors (Lipinski definition) is 4. The molecule has 0 unspecified atom stereocenters. The summed E-state index contributed by atoms with van der Waals surface area (Å²) in [5.74, 6) is 1.60. The van der Waals surface area contributed by atoms with Gasteiger partial charge >= 0.3 is 5.97 Å². The Hall–Kier alpha value is -3.44. The first-order valence-corrected chi connectivity index (χ1v) is 11.0. The Morgan fingerprint density at radius 1 is 1.25 bits per heavy atom. The Balaban J connectivity index is 1.60. The van der Waals surface area contributed by atoms with Crippen molar-refractivity contribution in [2.45, 2.75) is 13.5 Å². The first-order chi connectivity index (χ1) is 15.5. The molecular formula is C21H25N7O3S. The van der Waals surface area contributed by atoms with E-state index in [1.807, 2.05) is 30.3 Å². The molecule has 0 saturated carbocycles. The molecule has 3 aromatic rings. The van der Waals surface area contributed by atoms with Gasteiger partial charge in [-0.05, 0) is 13.0 Å². The minimum Gasteiger partial charge on any atom is -0.496 e. The molecule has 0 amide bonds. The smallest absolute Gasteiger partial charge is 0.347 e. The van der Waals surface area contributed by atoms with Gasteiger partial charge in [0.25, 0.3) is 0 Å². The molecule has 1 saturated heterocycles. The van der Waals surface area contributed by atoms with Crippen LogP contribution < -0.4 is 25.6 Å². The third-order valence-electron chi connectivity index (χ3n) is 5.02. The van der Waals surface area contributed by atoms with Crippen molar-refractivity contribution < 1.29 is 14.6 Å². The van der Waals surface area contributed by atoms with Gasteiger partial charge in [0.15, 0.2) is 5.13 Å². The van der Waals surface area contributed by atoms with Crippen LogP contribution in [0.5, 0.6) is 5.75 Å². The summed E-state index contributed by atoms with van der Waals surface area (Å²) in [4.78, 5) is 27.3. The molecule has 0 radical (unpaired) electrons. The van der Waals surface area contributed by atoms with Gasteiger partial charge in [-0.1, -0.05) is 29.5 Å². The van der Waals surface area contributed by atoms with Gasteiger partial charge in [0.2, 0.25) is 5.95 Å². The SMILES string of the molecule is COc1ccccc1CNc1cc(N2CCNCC2)nc(Nc2nc(C)c(C(=O)O)s2)n1.